The Bertz CT molecular complexity index is 1650. The van der Waals surface area contributed by atoms with Gasteiger partial charge < -0.3 is 23.5 Å². The van der Waals surface area contributed by atoms with Crippen LogP contribution in [0.15, 0.2) is 53.2 Å². The molecule has 3 aromatic heterocycles. The van der Waals surface area contributed by atoms with Gasteiger partial charge in [-0.15, -0.1) is 0 Å². The number of ether oxygens (including phenoxy) is 2. The molecule has 1 fully saturated rings. The van der Waals surface area contributed by atoms with Crippen LogP contribution < -0.4 is 4.74 Å². The smallest absolute Gasteiger partial charge is 0.141 e. The minimum absolute atomic E-state index is 0.0454. The van der Waals surface area contributed by atoms with Gasteiger partial charge in [-0.3, -0.25) is 4.98 Å². The molecule has 0 N–H and O–H groups in total. The van der Waals surface area contributed by atoms with Gasteiger partial charge in [-0.25, -0.2) is 4.98 Å². The van der Waals surface area contributed by atoms with Gasteiger partial charge in [0.25, 0.3) is 0 Å². The maximum absolute atomic E-state index is 6.70. The number of aryl methyl sites for hydroxylation is 2. The summed E-state index contributed by atoms with van der Waals surface area (Å²) in [5.41, 5.74) is 6.70. The monoisotopic (exact) mass is 553 g/mol. The molecule has 4 heterocycles. The Hall–Kier alpha value is -3.75. The topological polar surface area (TPSA) is 78.4 Å². The molecule has 0 bridgehead atoms. The first kappa shape index (κ1) is 27.4. The lowest BCUT2D eigenvalue weighted by atomic mass is 10.00. The number of nitrogens with zero attached hydrogens (tertiary/aromatic N) is 5. The van der Waals surface area contributed by atoms with Crippen molar-refractivity contribution in [1.29, 1.82) is 0 Å². The van der Waals surface area contributed by atoms with Crippen LogP contribution in [0.3, 0.4) is 0 Å². The van der Waals surface area contributed by atoms with Crippen LogP contribution in [-0.2, 0) is 11.3 Å². The highest BCUT2D eigenvalue weighted by molar-refractivity contribution is 6.05. The highest BCUT2D eigenvalue weighted by atomic mass is 16.5. The molecule has 2 atom stereocenters. The predicted molar refractivity (Wildman–Crippen MR) is 161 cm³/mol. The Morgan fingerprint density at radius 3 is 2.56 bits per heavy atom. The van der Waals surface area contributed by atoms with Crippen molar-refractivity contribution >= 4 is 21.9 Å². The number of hydrogen-bond donors (Lipinski definition) is 0. The first-order chi connectivity index (χ1) is 19.9. The fraction of sp³-hybridized carbons (Fsp3) is 0.424. The number of fused-ring (bicyclic) bond motifs is 3. The van der Waals surface area contributed by atoms with Crippen LogP contribution in [0.4, 0.5) is 0 Å². The minimum Gasteiger partial charge on any atom is -0.493 e. The zero-order valence-electron chi connectivity index (χ0n) is 24.8. The van der Waals surface area contributed by atoms with E-state index in [1.54, 1.807) is 7.11 Å². The highest BCUT2D eigenvalue weighted by Crippen LogP contribution is 2.40. The SMILES string of the molecule is COCc1nc2cnc3cc(-c4c(C)noc4C)c(OCC4CCN(C(C)C)C4)cc3c2n1C(C)c1ccccc1. The Kier molecular flexibility index (Phi) is 7.53. The molecule has 214 valence electrons. The van der Waals surface area contributed by atoms with Crippen LogP contribution in [0.5, 0.6) is 5.75 Å². The highest BCUT2D eigenvalue weighted by Gasteiger charge is 2.27. The zero-order chi connectivity index (χ0) is 28.7. The standard InChI is InChI=1S/C33H39N5O3/c1-20(2)37-13-12-24(17-37)18-40-30-15-26-28(14-27(30)32-21(3)36-41-23(32)5)34-16-29-33(26)38(31(35-29)19-39-6)22(4)25-10-8-7-9-11-25/h7-11,14-16,20,22,24H,12-13,17-19H2,1-6H3. The number of likely N-dealkylation sites (tertiary alicyclic amines) is 1. The van der Waals surface area contributed by atoms with Crippen molar-refractivity contribution in [2.45, 2.75) is 59.7 Å². The molecule has 0 radical (unpaired) electrons. The van der Waals surface area contributed by atoms with Gasteiger partial charge in [-0.05, 0) is 65.3 Å². The molecule has 1 saturated heterocycles. The maximum atomic E-state index is 6.70. The Labute approximate surface area is 241 Å². The van der Waals surface area contributed by atoms with E-state index in [4.69, 9.17) is 24.0 Å². The Balaban J connectivity index is 1.52. The summed E-state index contributed by atoms with van der Waals surface area (Å²) in [4.78, 5) is 12.4. The molecular weight excluding hydrogens is 514 g/mol. The van der Waals surface area contributed by atoms with E-state index in [2.05, 4.69) is 71.8 Å². The third-order valence-corrected chi connectivity index (χ3v) is 8.46. The average Bonchev–Trinajstić information content (AvgIpc) is 3.69. The van der Waals surface area contributed by atoms with Gasteiger partial charge in [0.2, 0.25) is 0 Å². The van der Waals surface area contributed by atoms with Crippen LogP contribution in [0.2, 0.25) is 0 Å². The van der Waals surface area contributed by atoms with E-state index in [1.807, 2.05) is 26.1 Å². The molecule has 6 rings (SSSR count). The van der Waals surface area contributed by atoms with E-state index in [0.29, 0.717) is 25.2 Å². The fourth-order valence-electron chi connectivity index (χ4n) is 6.24. The number of benzene rings is 2. The van der Waals surface area contributed by atoms with Gasteiger partial charge in [0.05, 0.1) is 41.1 Å². The van der Waals surface area contributed by atoms with E-state index in [9.17, 15) is 0 Å². The molecule has 5 aromatic rings. The predicted octanol–water partition coefficient (Wildman–Crippen LogP) is 6.72. The molecule has 0 aliphatic carbocycles. The van der Waals surface area contributed by atoms with E-state index in [-0.39, 0.29) is 6.04 Å². The summed E-state index contributed by atoms with van der Waals surface area (Å²) in [6.45, 7) is 13.9. The lowest BCUT2D eigenvalue weighted by Crippen LogP contribution is -2.29. The van der Waals surface area contributed by atoms with Gasteiger partial charge in [0.15, 0.2) is 0 Å². The number of aromatic nitrogens is 4. The summed E-state index contributed by atoms with van der Waals surface area (Å²) in [6, 6.07) is 15.4. The lowest BCUT2D eigenvalue weighted by Gasteiger charge is -2.21. The zero-order valence-corrected chi connectivity index (χ0v) is 24.8. The molecule has 8 heteroatoms. The van der Waals surface area contributed by atoms with Crippen molar-refractivity contribution in [3.8, 4) is 16.9 Å². The Morgan fingerprint density at radius 2 is 1.88 bits per heavy atom. The second-order valence-corrected chi connectivity index (χ2v) is 11.5. The number of imidazole rings is 1. The van der Waals surface area contributed by atoms with Crippen molar-refractivity contribution in [3.63, 3.8) is 0 Å². The summed E-state index contributed by atoms with van der Waals surface area (Å²) in [6.07, 6.45) is 3.00. The first-order valence-electron chi connectivity index (χ1n) is 14.5. The molecular formula is C33H39N5O3. The average molecular weight is 554 g/mol. The molecule has 1 aliphatic heterocycles. The van der Waals surface area contributed by atoms with E-state index in [1.165, 1.54) is 5.56 Å². The van der Waals surface area contributed by atoms with Gasteiger partial charge in [-0.2, -0.15) is 0 Å². The lowest BCUT2D eigenvalue weighted by molar-refractivity contribution is 0.174. The summed E-state index contributed by atoms with van der Waals surface area (Å²) in [5, 5.41) is 5.24. The molecule has 0 saturated carbocycles. The normalized spacial score (nSPS) is 16.8. The van der Waals surface area contributed by atoms with Crippen LogP contribution in [-0.4, -0.2) is 57.4 Å². The molecule has 0 spiro atoms. The second-order valence-electron chi connectivity index (χ2n) is 11.5. The van der Waals surface area contributed by atoms with Crippen molar-refractivity contribution in [2.24, 2.45) is 5.92 Å². The third kappa shape index (κ3) is 5.11. The van der Waals surface area contributed by atoms with Crippen molar-refractivity contribution in [2.75, 3.05) is 26.8 Å². The van der Waals surface area contributed by atoms with Crippen LogP contribution >= 0.6 is 0 Å². The number of hydrogen-bond acceptors (Lipinski definition) is 7. The van der Waals surface area contributed by atoms with E-state index in [0.717, 1.165) is 75.6 Å². The van der Waals surface area contributed by atoms with Crippen LogP contribution in [0, 0.1) is 19.8 Å². The summed E-state index contributed by atoms with van der Waals surface area (Å²) >= 11 is 0. The van der Waals surface area contributed by atoms with Gasteiger partial charge in [-0.1, -0.05) is 35.5 Å². The molecule has 41 heavy (non-hydrogen) atoms. The minimum atomic E-state index is 0.0454. The van der Waals surface area contributed by atoms with Gasteiger partial charge in [0.1, 0.15) is 29.5 Å². The van der Waals surface area contributed by atoms with E-state index < -0.39 is 0 Å². The Morgan fingerprint density at radius 1 is 1.07 bits per heavy atom. The van der Waals surface area contributed by atoms with Crippen LogP contribution in [0.25, 0.3) is 33.1 Å². The molecule has 0 amide bonds. The first-order valence-corrected chi connectivity index (χ1v) is 14.5. The van der Waals surface area contributed by atoms with Crippen LogP contribution in [0.1, 0.15) is 56.1 Å². The van der Waals surface area contributed by atoms with Crippen molar-refractivity contribution in [1.82, 2.24) is 24.6 Å². The summed E-state index contributed by atoms with van der Waals surface area (Å²) in [5.74, 6) is 2.93. The summed E-state index contributed by atoms with van der Waals surface area (Å²) < 4.78 is 20.1. The second kappa shape index (κ2) is 11.3. The fourth-order valence-corrected chi connectivity index (χ4v) is 6.24. The number of pyridine rings is 1. The maximum Gasteiger partial charge on any atom is 0.141 e. The molecule has 2 aromatic carbocycles. The van der Waals surface area contributed by atoms with Crippen molar-refractivity contribution < 1.29 is 14.0 Å². The summed E-state index contributed by atoms with van der Waals surface area (Å²) in [7, 11) is 1.71. The van der Waals surface area contributed by atoms with Gasteiger partial charge in [0, 0.05) is 36.6 Å². The van der Waals surface area contributed by atoms with E-state index >= 15 is 0 Å². The molecule has 1 aliphatic rings. The molecule has 2 unspecified atom stereocenters. The van der Waals surface area contributed by atoms with Gasteiger partial charge >= 0.3 is 0 Å². The molecule has 8 nitrogen and oxygen atoms in total. The third-order valence-electron chi connectivity index (χ3n) is 8.46. The quantitative estimate of drug-likeness (QED) is 0.200. The number of rotatable bonds is 9. The van der Waals surface area contributed by atoms with Crippen molar-refractivity contribution in [3.05, 3.63) is 71.5 Å². The largest absolute Gasteiger partial charge is 0.493 e. The number of methoxy groups -OCH3 is 1.